The molecule has 9 nitrogen and oxygen atoms in total. The highest BCUT2D eigenvalue weighted by atomic mass is 31.2. The van der Waals surface area contributed by atoms with Crippen LogP contribution in [0.5, 0.6) is 0 Å². The molecule has 1 aromatic heterocycles. The van der Waals surface area contributed by atoms with E-state index in [4.69, 9.17) is 0 Å². The highest BCUT2D eigenvalue weighted by Gasteiger charge is 2.48. The summed E-state index contributed by atoms with van der Waals surface area (Å²) in [5.74, 6) is -1.38. The number of aryl methyl sites for hydroxylation is 1. The van der Waals surface area contributed by atoms with Crippen LogP contribution in [-0.4, -0.2) is 32.7 Å². The molecule has 2 aromatic carbocycles. The average molecular weight is 555 g/mol. The Labute approximate surface area is 215 Å². The largest absolute Gasteiger partial charge is 0.421 e. The van der Waals surface area contributed by atoms with E-state index in [1.54, 1.807) is 13.0 Å². The number of rotatable bonds is 9. The molecule has 0 aliphatic carbocycles. The number of carbonyl (C=O) groups is 1. The number of aromatic nitrogens is 2. The molecule has 38 heavy (non-hydrogen) atoms. The van der Waals surface area contributed by atoms with Crippen LogP contribution in [0.2, 0.25) is 0 Å². The number of anilines is 4. The van der Waals surface area contributed by atoms with Crippen LogP contribution in [0.25, 0.3) is 0 Å². The number of benzene rings is 2. The van der Waals surface area contributed by atoms with Crippen LogP contribution in [0.15, 0.2) is 48.7 Å². The van der Waals surface area contributed by atoms with E-state index >= 15 is 4.39 Å². The molecule has 1 unspecified atom stereocenters. The zero-order valence-corrected chi connectivity index (χ0v) is 21.5. The van der Waals surface area contributed by atoms with Gasteiger partial charge in [-0.3, -0.25) is 9.36 Å². The topological polar surface area (TPSA) is 136 Å². The fourth-order valence-corrected chi connectivity index (χ4v) is 4.76. The third kappa shape index (κ3) is 5.95. The summed E-state index contributed by atoms with van der Waals surface area (Å²) in [7, 11) is -3.78. The van der Waals surface area contributed by atoms with Crippen LogP contribution >= 0.6 is 7.60 Å². The summed E-state index contributed by atoms with van der Waals surface area (Å²) < 4.78 is 68.3. The van der Waals surface area contributed by atoms with Gasteiger partial charge < -0.3 is 25.7 Å². The van der Waals surface area contributed by atoms with Crippen LogP contribution < -0.4 is 16.0 Å². The summed E-state index contributed by atoms with van der Waals surface area (Å²) in [4.78, 5) is 39.1. The van der Waals surface area contributed by atoms with Crippen molar-refractivity contribution in [1.82, 2.24) is 15.3 Å². The molecule has 3 aromatic rings. The minimum absolute atomic E-state index is 0.0795. The molecule has 0 fully saturated rings. The molecule has 1 heterocycles. The van der Waals surface area contributed by atoms with Gasteiger partial charge in [-0.15, -0.1) is 0 Å². The standard InChI is InChI=1S/C24H26F4N5O4P/c1-4-14-12-15(10-11-17(14)23(25,5-2)38(35,36)37)31-22-30-13-18(24(26,27)28)20(33-22)32-19-9-7-6-8-16(19)21(34)29-3/h6-13H,4-5H2,1-3H3,(H,29,34)(H2,35,36,37)(H2,30,31,32,33). The lowest BCUT2D eigenvalue weighted by molar-refractivity contribution is -0.137. The zero-order valence-electron chi connectivity index (χ0n) is 20.6. The lowest BCUT2D eigenvalue weighted by atomic mass is 9.98. The van der Waals surface area contributed by atoms with Crippen molar-refractivity contribution in [2.75, 3.05) is 17.7 Å². The lowest BCUT2D eigenvalue weighted by Gasteiger charge is -2.27. The average Bonchev–Trinajstić information content (AvgIpc) is 2.86. The summed E-state index contributed by atoms with van der Waals surface area (Å²) >= 11 is 0. The fourth-order valence-electron chi connectivity index (χ4n) is 3.82. The molecule has 0 saturated heterocycles. The number of hydrogen-bond donors (Lipinski definition) is 5. The van der Waals surface area contributed by atoms with E-state index in [2.05, 4.69) is 25.9 Å². The van der Waals surface area contributed by atoms with E-state index in [1.807, 2.05) is 0 Å². The van der Waals surface area contributed by atoms with Crippen molar-refractivity contribution in [2.24, 2.45) is 0 Å². The Balaban J connectivity index is 2.02. The predicted octanol–water partition coefficient (Wildman–Crippen LogP) is 5.61. The maximum absolute atomic E-state index is 15.3. The molecule has 0 spiro atoms. The number of carbonyl (C=O) groups excluding carboxylic acids is 1. The molecule has 14 heteroatoms. The first-order chi connectivity index (χ1) is 17.7. The van der Waals surface area contributed by atoms with Crippen LogP contribution in [0.4, 0.5) is 40.7 Å². The SMILES string of the molecule is CCc1cc(Nc2ncc(C(F)(F)F)c(Nc3ccccc3C(=O)NC)n2)ccc1C(F)(CC)P(=O)(O)O. The number of para-hydroxylation sites is 1. The Bertz CT molecular complexity index is 1380. The highest BCUT2D eigenvalue weighted by Crippen LogP contribution is 2.60. The summed E-state index contributed by atoms with van der Waals surface area (Å²) in [5.41, 5.74) is -0.640. The monoisotopic (exact) mass is 555 g/mol. The van der Waals surface area contributed by atoms with Gasteiger partial charge in [0.1, 0.15) is 11.4 Å². The van der Waals surface area contributed by atoms with Crippen LogP contribution in [0, 0.1) is 0 Å². The van der Waals surface area contributed by atoms with Gasteiger partial charge in [-0.05, 0) is 42.7 Å². The minimum atomic E-state index is -5.16. The van der Waals surface area contributed by atoms with Crippen molar-refractivity contribution < 1.29 is 36.7 Å². The molecule has 204 valence electrons. The van der Waals surface area contributed by atoms with Crippen molar-refractivity contribution in [3.63, 3.8) is 0 Å². The fraction of sp³-hybridized carbons (Fsp3) is 0.292. The molecule has 5 N–H and O–H groups in total. The first-order valence-electron chi connectivity index (χ1n) is 11.4. The second-order valence-corrected chi connectivity index (χ2v) is 10.0. The molecule has 0 radical (unpaired) electrons. The van der Waals surface area contributed by atoms with Gasteiger partial charge >= 0.3 is 13.8 Å². The lowest BCUT2D eigenvalue weighted by Crippen LogP contribution is -2.21. The molecular formula is C24H26F4N5O4P. The quantitative estimate of drug-likeness (QED) is 0.170. The Morgan fingerprint density at radius 1 is 1.03 bits per heavy atom. The third-order valence-corrected chi connectivity index (χ3v) is 7.31. The Morgan fingerprint density at radius 2 is 1.71 bits per heavy atom. The van der Waals surface area contributed by atoms with Crippen molar-refractivity contribution >= 4 is 36.6 Å². The molecule has 0 aliphatic rings. The smallest absolute Gasteiger partial charge is 0.355 e. The number of amides is 1. The first kappa shape index (κ1) is 29.0. The Morgan fingerprint density at radius 3 is 2.29 bits per heavy atom. The van der Waals surface area contributed by atoms with Crippen LogP contribution in [0.3, 0.4) is 0 Å². The normalized spacial score (nSPS) is 13.5. The summed E-state index contributed by atoms with van der Waals surface area (Å²) in [5, 5.41) is 4.82. The first-order valence-corrected chi connectivity index (χ1v) is 13.0. The van der Waals surface area contributed by atoms with Gasteiger partial charge in [0.15, 0.2) is 0 Å². The van der Waals surface area contributed by atoms with Crippen LogP contribution in [0.1, 0.15) is 47.3 Å². The predicted molar refractivity (Wildman–Crippen MR) is 134 cm³/mol. The molecule has 3 rings (SSSR count). The maximum atomic E-state index is 15.3. The van der Waals surface area contributed by atoms with E-state index in [0.717, 1.165) is 0 Å². The Hall–Kier alpha value is -3.54. The van der Waals surface area contributed by atoms with E-state index in [-0.39, 0.29) is 40.4 Å². The molecule has 0 aliphatic heterocycles. The molecule has 1 atom stereocenters. The second kappa shape index (κ2) is 11.1. The van der Waals surface area contributed by atoms with Gasteiger partial charge in [0.2, 0.25) is 11.4 Å². The van der Waals surface area contributed by atoms with E-state index in [0.29, 0.717) is 6.20 Å². The summed E-state index contributed by atoms with van der Waals surface area (Å²) in [6, 6.07) is 9.90. The van der Waals surface area contributed by atoms with Gasteiger partial charge in [0.25, 0.3) is 5.91 Å². The van der Waals surface area contributed by atoms with Crippen molar-refractivity contribution in [1.29, 1.82) is 0 Å². The number of nitrogens with one attached hydrogen (secondary N) is 3. The van der Waals surface area contributed by atoms with Gasteiger partial charge in [0, 0.05) is 24.5 Å². The summed E-state index contributed by atoms with van der Waals surface area (Å²) in [6.45, 7) is 2.98. The Kier molecular flexibility index (Phi) is 8.45. The van der Waals surface area contributed by atoms with Crippen molar-refractivity contribution in [3.05, 3.63) is 70.9 Å². The second-order valence-electron chi connectivity index (χ2n) is 8.21. The molecule has 1 amide bonds. The van der Waals surface area contributed by atoms with Crippen LogP contribution in [-0.2, 0) is 22.6 Å². The van der Waals surface area contributed by atoms with Gasteiger partial charge in [-0.2, -0.15) is 18.2 Å². The molecule has 0 saturated carbocycles. The number of halogens is 4. The zero-order chi connectivity index (χ0) is 28.3. The van der Waals surface area contributed by atoms with Crippen molar-refractivity contribution in [2.45, 2.75) is 38.3 Å². The maximum Gasteiger partial charge on any atom is 0.421 e. The van der Waals surface area contributed by atoms with Gasteiger partial charge in [-0.1, -0.05) is 32.0 Å². The number of alkyl halides is 4. The highest BCUT2D eigenvalue weighted by molar-refractivity contribution is 7.52. The van der Waals surface area contributed by atoms with E-state index in [9.17, 15) is 32.3 Å². The molecule has 0 bridgehead atoms. The summed E-state index contributed by atoms with van der Waals surface area (Å²) in [6.07, 6.45) is -4.49. The minimum Gasteiger partial charge on any atom is -0.355 e. The van der Waals surface area contributed by atoms with E-state index in [1.165, 1.54) is 50.4 Å². The third-order valence-electron chi connectivity index (χ3n) is 5.83. The number of hydrogen-bond acceptors (Lipinski definition) is 6. The van der Waals surface area contributed by atoms with E-state index < -0.39 is 42.9 Å². The van der Waals surface area contributed by atoms with Gasteiger partial charge in [0.05, 0.1) is 11.3 Å². The van der Waals surface area contributed by atoms with Gasteiger partial charge in [-0.25, -0.2) is 9.37 Å². The van der Waals surface area contributed by atoms with Crippen molar-refractivity contribution in [3.8, 4) is 0 Å². The number of nitrogens with zero attached hydrogens (tertiary/aromatic N) is 2. The molecular weight excluding hydrogens is 529 g/mol.